The van der Waals surface area contributed by atoms with E-state index in [1.807, 2.05) is 0 Å². The van der Waals surface area contributed by atoms with E-state index >= 15 is 0 Å². The molecule has 0 amide bonds. The van der Waals surface area contributed by atoms with Crippen molar-refractivity contribution in [2.24, 2.45) is 0 Å². The quantitative estimate of drug-likeness (QED) is 0.727. The number of hydrogen-bond donors (Lipinski definition) is 1. The summed E-state index contributed by atoms with van der Waals surface area (Å²) in [5, 5.41) is 11.2. The fraction of sp³-hybridized carbons (Fsp3) is 0.545. The van der Waals surface area contributed by atoms with Gasteiger partial charge in [0.15, 0.2) is 11.6 Å². The van der Waals surface area contributed by atoms with Crippen molar-refractivity contribution in [2.75, 3.05) is 35.2 Å². The summed E-state index contributed by atoms with van der Waals surface area (Å²) in [4.78, 5) is 23.7. The van der Waals surface area contributed by atoms with Crippen molar-refractivity contribution in [2.45, 2.75) is 55.1 Å². The number of nitrogens with zero attached hydrogens (tertiary/aromatic N) is 6. The molecule has 2 fully saturated rings. The van der Waals surface area contributed by atoms with Crippen LogP contribution in [-0.2, 0) is 17.2 Å². The van der Waals surface area contributed by atoms with Crippen molar-refractivity contribution in [3.63, 3.8) is 0 Å². The molecule has 32 heavy (non-hydrogen) atoms. The Morgan fingerprint density at radius 3 is 2.66 bits per heavy atom. The third-order valence-electron chi connectivity index (χ3n) is 7.32. The normalized spacial score (nSPS) is 26.2. The van der Waals surface area contributed by atoms with Crippen molar-refractivity contribution in [3.05, 3.63) is 35.0 Å². The molecule has 0 radical (unpaired) electrons. The molecule has 168 valence electrons. The minimum Gasteiger partial charge on any atom is -0.391 e. The van der Waals surface area contributed by atoms with Crippen molar-refractivity contribution >= 4 is 39.7 Å². The van der Waals surface area contributed by atoms with Gasteiger partial charge in [-0.2, -0.15) is 4.98 Å². The number of fused-ring (bicyclic) bond motifs is 1. The summed E-state index contributed by atoms with van der Waals surface area (Å²) in [6, 6.07) is 0. The molecule has 2 atom stereocenters. The lowest BCUT2D eigenvalue weighted by molar-refractivity contribution is 0.0579. The molecule has 2 unspecified atom stereocenters. The van der Waals surface area contributed by atoms with Gasteiger partial charge in [-0.25, -0.2) is 15.0 Å². The van der Waals surface area contributed by atoms with Crippen LogP contribution in [0.25, 0.3) is 5.57 Å². The molecule has 1 saturated heterocycles. The summed E-state index contributed by atoms with van der Waals surface area (Å²) < 4.78 is 12.8. The average molecular weight is 473 g/mol. The van der Waals surface area contributed by atoms with Crippen LogP contribution in [0.2, 0.25) is 5.02 Å². The molecule has 0 bridgehead atoms. The summed E-state index contributed by atoms with van der Waals surface area (Å²) in [5.41, 5.74) is 1.75. The number of aromatic nitrogens is 4. The second kappa shape index (κ2) is 7.74. The maximum atomic E-state index is 12.8. The topological polar surface area (TPSA) is 95.3 Å². The number of aliphatic hydroxyl groups is 1. The molecule has 1 N–H and O–H groups in total. The molecule has 3 aliphatic heterocycles. The van der Waals surface area contributed by atoms with E-state index in [-0.39, 0.29) is 11.6 Å². The Balaban J connectivity index is 1.33. The minimum atomic E-state index is -1.08. The second-order valence-corrected chi connectivity index (χ2v) is 10.9. The summed E-state index contributed by atoms with van der Waals surface area (Å²) in [6.07, 6.45) is 10.3. The largest absolute Gasteiger partial charge is 0.391 e. The Morgan fingerprint density at radius 2 is 1.97 bits per heavy atom. The van der Waals surface area contributed by atoms with E-state index in [1.54, 1.807) is 12.4 Å². The van der Waals surface area contributed by atoms with E-state index in [1.165, 1.54) is 0 Å². The van der Waals surface area contributed by atoms with E-state index in [2.05, 4.69) is 25.8 Å². The van der Waals surface area contributed by atoms with Crippen LogP contribution in [-0.4, -0.2) is 66.3 Å². The fourth-order valence-corrected chi connectivity index (χ4v) is 6.85. The molecule has 2 aromatic heterocycles. The van der Waals surface area contributed by atoms with Crippen LogP contribution in [0.4, 0.5) is 11.8 Å². The van der Waals surface area contributed by atoms with Crippen LogP contribution in [0.15, 0.2) is 23.4 Å². The summed E-state index contributed by atoms with van der Waals surface area (Å²) in [7, 11) is -1.08. The molecule has 2 aromatic rings. The number of hydrogen-bond acceptors (Lipinski definition) is 8. The van der Waals surface area contributed by atoms with E-state index in [4.69, 9.17) is 21.6 Å². The van der Waals surface area contributed by atoms with Crippen molar-refractivity contribution < 1.29 is 9.32 Å². The van der Waals surface area contributed by atoms with Gasteiger partial charge < -0.3 is 14.9 Å². The lowest BCUT2D eigenvalue weighted by atomic mass is 9.73. The van der Waals surface area contributed by atoms with Gasteiger partial charge in [0, 0.05) is 44.2 Å². The highest BCUT2D eigenvalue weighted by Gasteiger charge is 2.53. The minimum absolute atomic E-state index is 0.243. The van der Waals surface area contributed by atoms with Gasteiger partial charge in [0.25, 0.3) is 0 Å². The molecule has 4 aliphatic rings. The van der Waals surface area contributed by atoms with Crippen LogP contribution in [0.5, 0.6) is 0 Å². The molecule has 1 saturated carbocycles. The van der Waals surface area contributed by atoms with Gasteiger partial charge in [0.05, 0.1) is 33.2 Å². The third kappa shape index (κ3) is 3.16. The Labute approximate surface area is 194 Å². The van der Waals surface area contributed by atoms with Gasteiger partial charge in [-0.05, 0) is 37.7 Å². The van der Waals surface area contributed by atoms with Crippen molar-refractivity contribution in [1.82, 2.24) is 19.9 Å². The van der Waals surface area contributed by atoms with Crippen molar-refractivity contribution in [3.8, 4) is 0 Å². The lowest BCUT2D eigenvalue weighted by Gasteiger charge is -2.48. The lowest BCUT2D eigenvalue weighted by Crippen LogP contribution is -2.56. The Bertz CT molecular complexity index is 1120. The summed E-state index contributed by atoms with van der Waals surface area (Å²) in [5.74, 6) is 2.77. The number of anilines is 2. The van der Waals surface area contributed by atoms with Gasteiger partial charge in [-0.1, -0.05) is 17.7 Å². The first-order valence-corrected chi connectivity index (χ1v) is 12.9. The third-order valence-corrected chi connectivity index (χ3v) is 8.96. The zero-order chi connectivity index (χ0) is 21.9. The van der Waals surface area contributed by atoms with Crippen LogP contribution < -0.4 is 9.80 Å². The van der Waals surface area contributed by atoms with E-state index in [0.29, 0.717) is 35.5 Å². The van der Waals surface area contributed by atoms with Gasteiger partial charge in [-0.15, -0.1) is 0 Å². The van der Waals surface area contributed by atoms with E-state index < -0.39 is 10.8 Å². The van der Waals surface area contributed by atoms with E-state index in [0.717, 1.165) is 67.2 Å². The zero-order valence-electron chi connectivity index (χ0n) is 17.7. The SMILES string of the molecule is O=S1CCc2nc(N3CC=C(c4ncc(Cl)cn4)CC3)nc(N3CCC(O)C34CCC4)c21. The van der Waals surface area contributed by atoms with Crippen LogP contribution in [0.3, 0.4) is 0 Å². The molecule has 1 aliphatic carbocycles. The summed E-state index contributed by atoms with van der Waals surface area (Å²) in [6.45, 7) is 2.17. The maximum absolute atomic E-state index is 12.8. The monoisotopic (exact) mass is 472 g/mol. The Hall–Kier alpha value is -2.10. The predicted octanol–water partition coefficient (Wildman–Crippen LogP) is 2.37. The first kappa shape index (κ1) is 20.5. The number of rotatable bonds is 3. The van der Waals surface area contributed by atoms with Crippen molar-refractivity contribution in [1.29, 1.82) is 0 Å². The fourth-order valence-electron chi connectivity index (χ4n) is 5.40. The molecule has 5 heterocycles. The summed E-state index contributed by atoms with van der Waals surface area (Å²) >= 11 is 5.91. The van der Waals surface area contributed by atoms with Gasteiger partial charge in [0.1, 0.15) is 4.90 Å². The van der Waals surface area contributed by atoms with Gasteiger partial charge in [-0.3, -0.25) is 4.21 Å². The Morgan fingerprint density at radius 1 is 1.16 bits per heavy atom. The predicted molar refractivity (Wildman–Crippen MR) is 123 cm³/mol. The van der Waals surface area contributed by atoms with Crippen LogP contribution >= 0.6 is 11.6 Å². The molecular formula is C22H25ClN6O2S. The number of halogens is 1. The molecule has 8 nitrogen and oxygen atoms in total. The Kier molecular flexibility index (Phi) is 4.96. The first-order chi connectivity index (χ1) is 15.5. The first-order valence-electron chi connectivity index (χ1n) is 11.2. The molecule has 0 aromatic carbocycles. The molecular weight excluding hydrogens is 448 g/mol. The van der Waals surface area contributed by atoms with E-state index in [9.17, 15) is 9.32 Å². The zero-order valence-corrected chi connectivity index (χ0v) is 19.3. The average Bonchev–Trinajstić information content (AvgIpc) is 3.34. The number of aryl methyl sites for hydroxylation is 1. The molecule has 1 spiro atoms. The molecule has 10 heteroatoms. The smallest absolute Gasteiger partial charge is 0.227 e. The van der Waals surface area contributed by atoms with Gasteiger partial charge in [0.2, 0.25) is 5.95 Å². The highest BCUT2D eigenvalue weighted by molar-refractivity contribution is 7.85. The highest BCUT2D eigenvalue weighted by atomic mass is 35.5. The van der Waals surface area contributed by atoms with Crippen LogP contribution in [0.1, 0.15) is 43.6 Å². The number of aliphatic hydroxyl groups excluding tert-OH is 1. The standard InChI is InChI=1S/C22H25ClN6O2S/c23-15-12-24-19(25-13-15)14-2-8-28(9-3-14)21-26-16-5-11-32(31)18(16)20(27-21)29-10-4-17(30)22(29)6-1-7-22/h2,12-13,17,30H,1,3-11H2. The highest BCUT2D eigenvalue weighted by Crippen LogP contribution is 2.49. The van der Waals surface area contributed by atoms with Crippen LogP contribution in [0, 0.1) is 0 Å². The second-order valence-electron chi connectivity index (χ2n) is 8.99. The van der Waals surface area contributed by atoms with Gasteiger partial charge >= 0.3 is 0 Å². The maximum Gasteiger partial charge on any atom is 0.227 e. The molecule has 6 rings (SSSR count).